The van der Waals surface area contributed by atoms with Crippen molar-refractivity contribution in [3.8, 4) is 11.5 Å². The first kappa shape index (κ1) is 23.8. The molecule has 9 heteroatoms. The Kier molecular flexibility index (Phi) is 6.75. The molecule has 0 aromatic heterocycles. The van der Waals surface area contributed by atoms with Crippen LogP contribution in [-0.2, 0) is 14.4 Å². The van der Waals surface area contributed by atoms with Gasteiger partial charge in [-0.3, -0.25) is 14.5 Å². The van der Waals surface area contributed by atoms with E-state index in [4.69, 9.17) is 26.2 Å². The molecule has 0 aliphatic carbocycles. The Bertz CT molecular complexity index is 1320. The number of ether oxygens (including phenoxy) is 2. The van der Waals surface area contributed by atoms with Crippen LogP contribution in [0, 0.1) is 0 Å². The maximum Gasteiger partial charge on any atom is 0.341 e. The molecule has 1 unspecified atom stereocenters. The van der Waals surface area contributed by atoms with E-state index in [1.807, 2.05) is 0 Å². The van der Waals surface area contributed by atoms with Gasteiger partial charge in [0.1, 0.15) is 17.3 Å². The molecule has 1 fully saturated rings. The van der Waals surface area contributed by atoms with E-state index in [1.54, 1.807) is 48.5 Å². The van der Waals surface area contributed by atoms with Gasteiger partial charge in [0.25, 0.3) is 11.7 Å². The smallest absolute Gasteiger partial charge is 0.341 e. The fraction of sp³-hybridized carbons (Fsp3) is 0.115. The van der Waals surface area contributed by atoms with Crippen LogP contribution in [0.2, 0.25) is 5.02 Å². The van der Waals surface area contributed by atoms with Gasteiger partial charge >= 0.3 is 5.97 Å². The van der Waals surface area contributed by atoms with Crippen LogP contribution >= 0.6 is 11.6 Å². The van der Waals surface area contributed by atoms with Crippen molar-refractivity contribution in [3.05, 3.63) is 94.5 Å². The Morgan fingerprint density at radius 2 is 1.66 bits per heavy atom. The first-order chi connectivity index (χ1) is 16.8. The lowest BCUT2D eigenvalue weighted by molar-refractivity contribution is -0.139. The third kappa shape index (κ3) is 4.83. The van der Waals surface area contributed by atoms with Crippen molar-refractivity contribution in [2.45, 2.75) is 6.04 Å². The molecule has 4 rings (SSSR count). The van der Waals surface area contributed by atoms with Crippen LogP contribution in [0.5, 0.6) is 11.5 Å². The highest BCUT2D eigenvalue weighted by atomic mass is 35.5. The van der Waals surface area contributed by atoms with Crippen molar-refractivity contribution in [2.24, 2.45) is 0 Å². The number of anilines is 1. The van der Waals surface area contributed by atoms with Gasteiger partial charge in [-0.1, -0.05) is 23.7 Å². The number of halogens is 1. The quantitative estimate of drug-likeness (QED) is 0.284. The highest BCUT2D eigenvalue weighted by Crippen LogP contribution is 2.43. The number of rotatable bonds is 7. The van der Waals surface area contributed by atoms with Crippen LogP contribution in [0.3, 0.4) is 0 Å². The highest BCUT2D eigenvalue weighted by molar-refractivity contribution is 6.51. The van der Waals surface area contributed by atoms with Gasteiger partial charge in [0.05, 0.1) is 18.7 Å². The fourth-order valence-corrected chi connectivity index (χ4v) is 3.96. The number of carbonyl (C=O) groups is 3. The second kappa shape index (κ2) is 9.90. The summed E-state index contributed by atoms with van der Waals surface area (Å²) in [7, 11) is 1.50. The second-order valence-electron chi connectivity index (χ2n) is 7.63. The molecule has 2 N–H and O–H groups in total. The number of carboxylic acid groups (broad SMARTS) is 1. The van der Waals surface area contributed by atoms with E-state index >= 15 is 0 Å². The molecule has 0 bridgehead atoms. The number of carboxylic acids is 1. The largest absolute Gasteiger partial charge is 0.507 e. The van der Waals surface area contributed by atoms with E-state index in [0.29, 0.717) is 27.6 Å². The van der Waals surface area contributed by atoms with Crippen LogP contribution < -0.4 is 14.4 Å². The SMILES string of the molecule is COc1cccc(C2C(=C(O)c3ccc(Cl)cc3)C(=O)C(=O)N2c2ccc(OCC(=O)O)cc2)c1. The summed E-state index contributed by atoms with van der Waals surface area (Å²) in [5.41, 5.74) is 1.15. The number of amides is 1. The average molecular weight is 494 g/mol. The standard InChI is InChI=1S/C26H20ClNO7/c1-34-20-4-2-3-16(13-20)23-22(24(31)15-5-7-17(27)8-6-15)25(32)26(33)28(23)18-9-11-19(12-10-18)35-14-21(29)30/h2-13,23,31H,14H2,1H3,(H,29,30). The van der Waals surface area contributed by atoms with E-state index < -0.39 is 30.3 Å². The number of benzene rings is 3. The molecule has 1 heterocycles. The molecule has 1 saturated heterocycles. The predicted molar refractivity (Wildman–Crippen MR) is 129 cm³/mol. The van der Waals surface area contributed by atoms with Crippen LogP contribution in [-0.4, -0.2) is 41.6 Å². The summed E-state index contributed by atoms with van der Waals surface area (Å²) in [5, 5.41) is 20.4. The third-order valence-corrected chi connectivity index (χ3v) is 5.70. The molecule has 8 nitrogen and oxygen atoms in total. The minimum atomic E-state index is -1.13. The molecule has 35 heavy (non-hydrogen) atoms. The summed E-state index contributed by atoms with van der Waals surface area (Å²) in [5.74, 6) is -2.34. The van der Waals surface area contributed by atoms with Crippen LogP contribution in [0.15, 0.2) is 78.4 Å². The number of nitrogens with zero attached hydrogens (tertiary/aromatic N) is 1. The van der Waals surface area contributed by atoms with Crippen molar-refractivity contribution in [1.82, 2.24) is 0 Å². The van der Waals surface area contributed by atoms with E-state index in [-0.39, 0.29) is 17.1 Å². The maximum atomic E-state index is 13.2. The van der Waals surface area contributed by atoms with Gasteiger partial charge in [0, 0.05) is 16.3 Å². The normalized spacial score (nSPS) is 16.9. The van der Waals surface area contributed by atoms with Gasteiger partial charge in [0.2, 0.25) is 0 Å². The molecule has 0 radical (unpaired) electrons. The Morgan fingerprint density at radius 3 is 2.29 bits per heavy atom. The maximum absolute atomic E-state index is 13.2. The van der Waals surface area contributed by atoms with Gasteiger partial charge in [-0.15, -0.1) is 0 Å². The number of aliphatic carboxylic acids is 1. The van der Waals surface area contributed by atoms with Crippen LogP contribution in [0.4, 0.5) is 5.69 Å². The Balaban J connectivity index is 1.84. The summed E-state index contributed by atoms with van der Waals surface area (Å²) < 4.78 is 10.5. The molecule has 0 saturated carbocycles. The topological polar surface area (TPSA) is 113 Å². The van der Waals surface area contributed by atoms with E-state index in [1.165, 1.54) is 36.3 Å². The number of aliphatic hydroxyl groups is 1. The number of hydrogen-bond acceptors (Lipinski definition) is 6. The molecule has 1 aliphatic heterocycles. The van der Waals surface area contributed by atoms with Crippen molar-refractivity contribution in [2.75, 3.05) is 18.6 Å². The van der Waals surface area contributed by atoms with E-state index in [2.05, 4.69) is 0 Å². The third-order valence-electron chi connectivity index (χ3n) is 5.45. The number of Topliss-reactive ketones (excluding diaryl/α,β-unsaturated/α-hetero) is 1. The fourth-order valence-electron chi connectivity index (χ4n) is 3.84. The minimum Gasteiger partial charge on any atom is -0.507 e. The molecular weight excluding hydrogens is 474 g/mol. The van der Waals surface area contributed by atoms with Crippen LogP contribution in [0.1, 0.15) is 17.2 Å². The lowest BCUT2D eigenvalue weighted by atomic mass is 9.95. The van der Waals surface area contributed by atoms with Crippen molar-refractivity contribution in [3.63, 3.8) is 0 Å². The lowest BCUT2D eigenvalue weighted by Crippen LogP contribution is -2.29. The Morgan fingerprint density at radius 1 is 0.971 bits per heavy atom. The Labute approximate surface area is 205 Å². The average Bonchev–Trinajstić information content (AvgIpc) is 3.13. The van der Waals surface area contributed by atoms with Crippen molar-refractivity contribution < 1.29 is 34.1 Å². The number of aliphatic hydroxyl groups excluding tert-OH is 1. The zero-order valence-electron chi connectivity index (χ0n) is 18.5. The first-order valence-electron chi connectivity index (χ1n) is 10.5. The zero-order chi connectivity index (χ0) is 25.1. The summed E-state index contributed by atoms with van der Waals surface area (Å²) in [6.07, 6.45) is 0. The monoisotopic (exact) mass is 493 g/mol. The molecule has 3 aromatic rings. The molecular formula is C26H20ClNO7. The molecule has 1 amide bonds. The van der Waals surface area contributed by atoms with Crippen LogP contribution in [0.25, 0.3) is 5.76 Å². The number of carbonyl (C=O) groups excluding carboxylic acids is 2. The summed E-state index contributed by atoms with van der Waals surface area (Å²) in [6.45, 7) is -0.519. The number of methoxy groups -OCH3 is 1. The van der Waals surface area contributed by atoms with Gasteiger partial charge < -0.3 is 19.7 Å². The zero-order valence-corrected chi connectivity index (χ0v) is 19.2. The summed E-state index contributed by atoms with van der Waals surface area (Å²) >= 11 is 5.96. The molecule has 178 valence electrons. The molecule has 3 aromatic carbocycles. The van der Waals surface area contributed by atoms with Gasteiger partial charge in [0.15, 0.2) is 6.61 Å². The second-order valence-corrected chi connectivity index (χ2v) is 8.07. The highest BCUT2D eigenvalue weighted by Gasteiger charge is 2.47. The van der Waals surface area contributed by atoms with E-state index in [0.717, 1.165) is 0 Å². The van der Waals surface area contributed by atoms with Gasteiger partial charge in [-0.25, -0.2) is 4.79 Å². The predicted octanol–water partition coefficient (Wildman–Crippen LogP) is 4.44. The lowest BCUT2D eigenvalue weighted by Gasteiger charge is -2.26. The number of hydrogen-bond donors (Lipinski definition) is 2. The summed E-state index contributed by atoms with van der Waals surface area (Å²) in [6, 6.07) is 18.2. The van der Waals surface area contributed by atoms with E-state index in [9.17, 15) is 19.5 Å². The van der Waals surface area contributed by atoms with Crippen molar-refractivity contribution >= 4 is 40.7 Å². The van der Waals surface area contributed by atoms with Gasteiger partial charge in [-0.2, -0.15) is 0 Å². The minimum absolute atomic E-state index is 0.0863. The molecule has 0 spiro atoms. The first-order valence-corrected chi connectivity index (χ1v) is 10.8. The Hall–Kier alpha value is -4.30. The summed E-state index contributed by atoms with van der Waals surface area (Å²) in [4.78, 5) is 38.4. The number of ketones is 1. The molecule has 1 aliphatic rings. The van der Waals surface area contributed by atoms with Crippen molar-refractivity contribution in [1.29, 1.82) is 0 Å². The molecule has 1 atom stereocenters. The van der Waals surface area contributed by atoms with Gasteiger partial charge in [-0.05, 0) is 66.2 Å².